The summed E-state index contributed by atoms with van der Waals surface area (Å²) in [4.78, 5) is 14.1. The molecule has 0 radical (unpaired) electrons. The molecule has 2 atom stereocenters. The molecule has 10 rings (SSSR count). The summed E-state index contributed by atoms with van der Waals surface area (Å²) < 4.78 is 29.7. The topological polar surface area (TPSA) is 75.3 Å². The Hall–Kier alpha value is -5.27. The summed E-state index contributed by atoms with van der Waals surface area (Å²) in [5.41, 5.74) is 7.42. The lowest BCUT2D eigenvalue weighted by Gasteiger charge is -2.45. The molecule has 45 heavy (non-hydrogen) atoms. The van der Waals surface area contributed by atoms with E-state index in [1.165, 1.54) is 22.3 Å². The standard InChI is InChI=1S/C38H27NO6/c40-36-34-22(14-15-30-35(34)44-21-41-30)19-37(45-36)29-18-32-31(42-20-43-32)16-23(29)17-33(37)39-38(24-8-2-1-3-9-24)27-12-6-4-10-25(27)26-11-5-7-13-28(26)38/h1-16,18,33,39H,17,19-21H2/t33-,37-/m1/s1. The van der Waals surface area contributed by atoms with Gasteiger partial charge in [-0.1, -0.05) is 84.9 Å². The fourth-order valence-corrected chi connectivity index (χ4v) is 8.29. The fourth-order valence-electron chi connectivity index (χ4n) is 8.29. The van der Waals surface area contributed by atoms with Crippen molar-refractivity contribution in [3.63, 3.8) is 0 Å². The normalized spacial score (nSPS) is 22.0. The predicted octanol–water partition coefficient (Wildman–Crippen LogP) is 6.24. The van der Waals surface area contributed by atoms with Crippen LogP contribution in [0.3, 0.4) is 0 Å². The van der Waals surface area contributed by atoms with Crippen molar-refractivity contribution in [2.45, 2.75) is 30.0 Å². The van der Waals surface area contributed by atoms with Gasteiger partial charge in [0, 0.05) is 12.0 Å². The third kappa shape index (κ3) is 3.25. The quantitative estimate of drug-likeness (QED) is 0.248. The molecular formula is C38H27NO6. The number of carbonyl (C=O) groups excluding carboxylic acids is 1. The van der Waals surface area contributed by atoms with Gasteiger partial charge < -0.3 is 23.7 Å². The summed E-state index contributed by atoms with van der Waals surface area (Å²) in [6.07, 6.45) is 1.08. The molecule has 0 aromatic heterocycles. The van der Waals surface area contributed by atoms with Crippen LogP contribution < -0.4 is 24.3 Å². The van der Waals surface area contributed by atoms with Gasteiger partial charge in [0.05, 0.1) is 11.6 Å². The number of esters is 1. The minimum absolute atomic E-state index is 0.0825. The Kier molecular flexibility index (Phi) is 4.96. The van der Waals surface area contributed by atoms with Gasteiger partial charge in [0.2, 0.25) is 13.6 Å². The lowest BCUT2D eigenvalue weighted by atomic mass is 9.76. The fraction of sp³-hybridized carbons (Fsp3) is 0.184. The van der Waals surface area contributed by atoms with Gasteiger partial charge in [-0.2, -0.15) is 0 Å². The second kappa shape index (κ2) is 8.89. The monoisotopic (exact) mass is 593 g/mol. The Morgan fingerprint density at radius 1 is 0.644 bits per heavy atom. The van der Waals surface area contributed by atoms with E-state index in [0.29, 0.717) is 41.4 Å². The van der Waals surface area contributed by atoms with Crippen molar-refractivity contribution in [1.29, 1.82) is 0 Å². The molecule has 7 nitrogen and oxygen atoms in total. The molecule has 5 aliphatic rings. The molecule has 0 unspecified atom stereocenters. The van der Waals surface area contributed by atoms with Gasteiger partial charge in [0.1, 0.15) is 5.56 Å². The molecule has 2 aliphatic carbocycles. The Bertz CT molecular complexity index is 2030. The summed E-state index contributed by atoms with van der Waals surface area (Å²) in [6, 6.07) is 35.4. The van der Waals surface area contributed by atoms with Crippen LogP contribution in [0.1, 0.15) is 43.7 Å². The van der Waals surface area contributed by atoms with Crippen molar-refractivity contribution in [2.24, 2.45) is 0 Å². The Balaban J connectivity index is 1.20. The van der Waals surface area contributed by atoms with Gasteiger partial charge >= 0.3 is 5.97 Å². The van der Waals surface area contributed by atoms with Gasteiger partial charge in [-0.3, -0.25) is 5.32 Å². The number of nitrogens with one attached hydrogen (secondary N) is 1. The van der Waals surface area contributed by atoms with Crippen LogP contribution in [0.4, 0.5) is 0 Å². The maximum absolute atomic E-state index is 14.1. The number of hydrogen-bond acceptors (Lipinski definition) is 7. The molecule has 5 aromatic carbocycles. The van der Waals surface area contributed by atoms with Crippen molar-refractivity contribution >= 4 is 5.97 Å². The van der Waals surface area contributed by atoms with Crippen LogP contribution in [0.2, 0.25) is 0 Å². The van der Waals surface area contributed by atoms with E-state index < -0.39 is 17.1 Å². The molecule has 0 saturated heterocycles. The van der Waals surface area contributed by atoms with Gasteiger partial charge in [-0.25, -0.2) is 4.79 Å². The molecule has 220 valence electrons. The first-order valence-corrected chi connectivity index (χ1v) is 15.3. The average Bonchev–Trinajstić information content (AvgIpc) is 3.85. The number of hydrogen-bond donors (Lipinski definition) is 1. The summed E-state index contributed by atoms with van der Waals surface area (Å²) in [7, 11) is 0. The molecule has 0 amide bonds. The van der Waals surface area contributed by atoms with Crippen LogP contribution in [0.5, 0.6) is 23.0 Å². The molecule has 5 aromatic rings. The molecule has 7 heteroatoms. The molecule has 1 N–H and O–H groups in total. The highest BCUT2D eigenvalue weighted by Gasteiger charge is 2.58. The number of ether oxygens (including phenoxy) is 5. The van der Waals surface area contributed by atoms with Gasteiger partial charge in [0.15, 0.2) is 28.6 Å². The maximum Gasteiger partial charge on any atom is 0.343 e. The highest BCUT2D eigenvalue weighted by atomic mass is 16.7. The SMILES string of the molecule is O=C1O[C@]2(Cc3ccc4c(c31)OCO4)c1cc3c(cc1C[C@H]2NC1(c2ccccc2)c2ccccc2-c2ccccc21)OCO3. The molecule has 0 bridgehead atoms. The number of carbonyl (C=O) groups is 1. The smallest absolute Gasteiger partial charge is 0.343 e. The van der Waals surface area contributed by atoms with E-state index in [-0.39, 0.29) is 19.6 Å². The van der Waals surface area contributed by atoms with Gasteiger partial charge in [-0.15, -0.1) is 0 Å². The summed E-state index contributed by atoms with van der Waals surface area (Å²) in [6.45, 7) is 0.253. The van der Waals surface area contributed by atoms with Crippen molar-refractivity contribution in [1.82, 2.24) is 5.32 Å². The van der Waals surface area contributed by atoms with Crippen molar-refractivity contribution < 1.29 is 28.5 Å². The van der Waals surface area contributed by atoms with Gasteiger partial charge in [-0.05, 0) is 63.6 Å². The average molecular weight is 594 g/mol. The lowest BCUT2D eigenvalue weighted by molar-refractivity contribution is -0.0462. The van der Waals surface area contributed by atoms with Crippen LogP contribution in [-0.2, 0) is 28.7 Å². The summed E-state index contributed by atoms with van der Waals surface area (Å²) in [5.74, 6) is 1.98. The van der Waals surface area contributed by atoms with E-state index in [1.807, 2.05) is 24.3 Å². The Morgan fingerprint density at radius 2 is 1.31 bits per heavy atom. The lowest BCUT2D eigenvalue weighted by Crippen LogP contribution is -2.58. The molecule has 3 aliphatic heterocycles. The van der Waals surface area contributed by atoms with Crippen LogP contribution in [0, 0.1) is 0 Å². The predicted molar refractivity (Wildman–Crippen MR) is 165 cm³/mol. The van der Waals surface area contributed by atoms with Crippen LogP contribution in [0.25, 0.3) is 11.1 Å². The van der Waals surface area contributed by atoms with E-state index in [4.69, 9.17) is 23.7 Å². The Morgan fingerprint density at radius 3 is 2.09 bits per heavy atom. The third-order valence-electron chi connectivity index (χ3n) is 10.1. The minimum atomic E-state index is -1.03. The van der Waals surface area contributed by atoms with E-state index in [0.717, 1.165) is 22.3 Å². The molecule has 3 heterocycles. The molecule has 1 spiro atoms. The zero-order valence-corrected chi connectivity index (χ0v) is 24.2. The highest BCUT2D eigenvalue weighted by molar-refractivity contribution is 5.97. The number of rotatable bonds is 3. The second-order valence-corrected chi connectivity index (χ2v) is 12.3. The van der Waals surface area contributed by atoms with E-state index in [2.05, 4.69) is 84.2 Å². The van der Waals surface area contributed by atoms with Crippen LogP contribution in [-0.4, -0.2) is 25.6 Å². The minimum Gasteiger partial charge on any atom is -0.454 e. The van der Waals surface area contributed by atoms with Gasteiger partial charge in [0.25, 0.3) is 0 Å². The maximum atomic E-state index is 14.1. The van der Waals surface area contributed by atoms with E-state index in [1.54, 1.807) is 0 Å². The zero-order chi connectivity index (χ0) is 29.8. The van der Waals surface area contributed by atoms with Crippen molar-refractivity contribution in [2.75, 3.05) is 13.6 Å². The summed E-state index contributed by atoms with van der Waals surface area (Å²) >= 11 is 0. The van der Waals surface area contributed by atoms with Crippen molar-refractivity contribution in [3.05, 3.63) is 142 Å². The van der Waals surface area contributed by atoms with E-state index >= 15 is 0 Å². The first kappa shape index (κ1) is 25.1. The van der Waals surface area contributed by atoms with Crippen LogP contribution in [0.15, 0.2) is 103 Å². The molecule has 0 saturated carbocycles. The van der Waals surface area contributed by atoms with E-state index in [9.17, 15) is 4.79 Å². The number of fused-ring (bicyclic) bond motifs is 9. The zero-order valence-electron chi connectivity index (χ0n) is 24.2. The highest BCUT2D eigenvalue weighted by Crippen LogP contribution is 2.56. The first-order chi connectivity index (χ1) is 22.2. The molecular weight excluding hydrogens is 566 g/mol. The first-order valence-electron chi connectivity index (χ1n) is 15.3. The molecule has 0 fully saturated rings. The Labute approximate surface area is 259 Å². The third-order valence-corrected chi connectivity index (χ3v) is 10.1. The number of benzene rings is 5. The summed E-state index contributed by atoms with van der Waals surface area (Å²) in [5, 5.41) is 4.19. The van der Waals surface area contributed by atoms with Crippen molar-refractivity contribution in [3.8, 4) is 34.1 Å². The van der Waals surface area contributed by atoms with Crippen LogP contribution >= 0.6 is 0 Å². The largest absolute Gasteiger partial charge is 0.454 e. The second-order valence-electron chi connectivity index (χ2n) is 12.3.